The third-order valence-corrected chi connectivity index (χ3v) is 3.41. The number of carbonyl (C=O) groups excluding carboxylic acids is 1. The lowest BCUT2D eigenvalue weighted by Gasteiger charge is -2.29. The molecule has 0 saturated carbocycles. The summed E-state index contributed by atoms with van der Waals surface area (Å²) >= 11 is 0. The van der Waals surface area contributed by atoms with Crippen LogP contribution in [-0.2, 0) is 9.53 Å². The van der Waals surface area contributed by atoms with Crippen molar-refractivity contribution in [2.45, 2.75) is 44.2 Å². The number of esters is 1. The molecule has 0 saturated heterocycles. The van der Waals surface area contributed by atoms with E-state index in [1.807, 2.05) is 24.3 Å². The summed E-state index contributed by atoms with van der Waals surface area (Å²) in [5, 5.41) is 10.1. The molecule has 0 unspecified atom stereocenters. The maximum Gasteiger partial charge on any atom is 0.307 e. The first kappa shape index (κ1) is 17.5. The van der Waals surface area contributed by atoms with E-state index in [1.54, 1.807) is 21.0 Å². The minimum atomic E-state index is -0.877. The first-order chi connectivity index (χ1) is 9.76. The Morgan fingerprint density at radius 2 is 1.86 bits per heavy atom. The summed E-state index contributed by atoms with van der Waals surface area (Å²) in [7, 11) is 2.94. The third-order valence-electron chi connectivity index (χ3n) is 3.41. The van der Waals surface area contributed by atoms with E-state index in [9.17, 15) is 9.90 Å². The van der Waals surface area contributed by atoms with Gasteiger partial charge in [0.1, 0.15) is 5.75 Å². The highest BCUT2D eigenvalue weighted by Gasteiger charge is 2.28. The molecule has 1 aromatic rings. The summed E-state index contributed by atoms with van der Waals surface area (Å²) in [6, 6.07) is 7.09. The molecule has 0 bridgehead atoms. The number of benzene rings is 1. The SMILES string of the molecule is COC(=O)C[C@@H](N)[C@H](CC(C)(C)O)c1ccc(OC)cc1. The van der Waals surface area contributed by atoms with E-state index < -0.39 is 11.6 Å². The highest BCUT2D eigenvalue weighted by Crippen LogP contribution is 2.30. The molecule has 5 nitrogen and oxygen atoms in total. The number of rotatable bonds is 7. The van der Waals surface area contributed by atoms with Crippen LogP contribution in [0.1, 0.15) is 38.2 Å². The van der Waals surface area contributed by atoms with Crippen molar-refractivity contribution in [1.82, 2.24) is 0 Å². The van der Waals surface area contributed by atoms with Crippen LogP contribution < -0.4 is 10.5 Å². The summed E-state index contributed by atoms with van der Waals surface area (Å²) in [6.07, 6.45) is 0.570. The largest absolute Gasteiger partial charge is 0.497 e. The molecule has 0 aliphatic heterocycles. The Hall–Kier alpha value is -1.59. The first-order valence-corrected chi connectivity index (χ1v) is 6.95. The summed E-state index contributed by atoms with van der Waals surface area (Å²) in [5.41, 5.74) is 6.25. The molecule has 0 spiro atoms. The first-order valence-electron chi connectivity index (χ1n) is 6.95. The summed E-state index contributed by atoms with van der Waals surface area (Å²) in [5.74, 6) is 0.258. The molecule has 5 heteroatoms. The predicted molar refractivity (Wildman–Crippen MR) is 81.3 cm³/mol. The Morgan fingerprint density at radius 3 is 2.29 bits per heavy atom. The lowest BCUT2D eigenvalue weighted by atomic mass is 9.82. The van der Waals surface area contributed by atoms with Crippen LogP contribution in [-0.4, -0.2) is 36.9 Å². The van der Waals surface area contributed by atoms with E-state index in [4.69, 9.17) is 10.5 Å². The topological polar surface area (TPSA) is 81.8 Å². The van der Waals surface area contributed by atoms with E-state index in [0.717, 1.165) is 11.3 Å². The Bertz CT molecular complexity index is 450. The van der Waals surface area contributed by atoms with Crippen LogP contribution in [0.2, 0.25) is 0 Å². The van der Waals surface area contributed by atoms with Gasteiger partial charge in [-0.15, -0.1) is 0 Å². The van der Waals surface area contributed by atoms with Crippen molar-refractivity contribution < 1.29 is 19.4 Å². The molecule has 0 radical (unpaired) electrons. The summed E-state index contributed by atoms with van der Waals surface area (Å²) < 4.78 is 9.81. The Morgan fingerprint density at radius 1 is 1.29 bits per heavy atom. The zero-order valence-electron chi connectivity index (χ0n) is 13.1. The maximum atomic E-state index is 11.4. The second-order valence-corrected chi connectivity index (χ2v) is 5.84. The van der Waals surface area contributed by atoms with E-state index in [-0.39, 0.29) is 18.3 Å². The second kappa shape index (κ2) is 7.43. The van der Waals surface area contributed by atoms with Crippen LogP contribution in [0.25, 0.3) is 0 Å². The molecule has 0 aliphatic carbocycles. The molecule has 21 heavy (non-hydrogen) atoms. The Kier molecular flexibility index (Phi) is 6.18. The van der Waals surface area contributed by atoms with Crippen molar-refractivity contribution in [3.8, 4) is 5.75 Å². The normalized spacial score (nSPS) is 14.4. The van der Waals surface area contributed by atoms with E-state index in [0.29, 0.717) is 6.42 Å². The third kappa shape index (κ3) is 5.73. The van der Waals surface area contributed by atoms with Crippen molar-refractivity contribution in [2.24, 2.45) is 5.73 Å². The van der Waals surface area contributed by atoms with Gasteiger partial charge in [0.25, 0.3) is 0 Å². The number of nitrogens with two attached hydrogens (primary N) is 1. The fraction of sp³-hybridized carbons (Fsp3) is 0.562. The predicted octanol–water partition coefficient (Wildman–Crippen LogP) is 1.83. The lowest BCUT2D eigenvalue weighted by Crippen LogP contribution is -2.36. The summed E-state index contributed by atoms with van der Waals surface area (Å²) in [4.78, 5) is 11.4. The van der Waals surface area contributed by atoms with Gasteiger partial charge in [-0.05, 0) is 38.0 Å². The molecule has 0 fully saturated rings. The fourth-order valence-electron chi connectivity index (χ4n) is 2.32. The zero-order chi connectivity index (χ0) is 16.0. The number of carbonyl (C=O) groups is 1. The molecule has 0 amide bonds. The average Bonchev–Trinajstić information content (AvgIpc) is 2.43. The van der Waals surface area contributed by atoms with E-state index in [1.165, 1.54) is 7.11 Å². The molecule has 0 aliphatic rings. The van der Waals surface area contributed by atoms with Gasteiger partial charge < -0.3 is 20.3 Å². The molecule has 0 aromatic heterocycles. The fourth-order valence-corrected chi connectivity index (χ4v) is 2.32. The summed E-state index contributed by atoms with van der Waals surface area (Å²) in [6.45, 7) is 3.46. The molecule has 118 valence electrons. The van der Waals surface area contributed by atoms with Crippen molar-refractivity contribution in [3.63, 3.8) is 0 Å². The van der Waals surface area contributed by atoms with Crippen LogP contribution in [0.4, 0.5) is 0 Å². The van der Waals surface area contributed by atoms with Crippen LogP contribution in [0.15, 0.2) is 24.3 Å². The molecule has 3 N–H and O–H groups in total. The lowest BCUT2D eigenvalue weighted by molar-refractivity contribution is -0.141. The second-order valence-electron chi connectivity index (χ2n) is 5.84. The minimum absolute atomic E-state index is 0.114. The molecular formula is C16H25NO4. The van der Waals surface area contributed by atoms with Crippen LogP contribution in [0, 0.1) is 0 Å². The molecule has 2 atom stereocenters. The number of hydrogen-bond donors (Lipinski definition) is 2. The van der Waals surface area contributed by atoms with Crippen LogP contribution in [0.3, 0.4) is 0 Å². The number of ether oxygens (including phenoxy) is 2. The number of hydrogen-bond acceptors (Lipinski definition) is 5. The van der Waals surface area contributed by atoms with Gasteiger partial charge in [-0.25, -0.2) is 0 Å². The van der Waals surface area contributed by atoms with Crippen molar-refractivity contribution in [1.29, 1.82) is 0 Å². The standard InChI is InChI=1S/C16H25NO4/c1-16(2,19)10-13(14(17)9-15(18)21-4)11-5-7-12(20-3)8-6-11/h5-8,13-14,19H,9-10,17H2,1-4H3/t13-,14-/m1/s1. The molecule has 1 aromatic carbocycles. The molecule has 0 heterocycles. The average molecular weight is 295 g/mol. The monoisotopic (exact) mass is 295 g/mol. The van der Waals surface area contributed by atoms with E-state index >= 15 is 0 Å². The van der Waals surface area contributed by atoms with Gasteiger partial charge in [-0.1, -0.05) is 12.1 Å². The highest BCUT2D eigenvalue weighted by molar-refractivity contribution is 5.70. The van der Waals surface area contributed by atoms with Crippen molar-refractivity contribution >= 4 is 5.97 Å². The molecule has 1 rings (SSSR count). The van der Waals surface area contributed by atoms with Crippen molar-refractivity contribution in [3.05, 3.63) is 29.8 Å². The quantitative estimate of drug-likeness (QED) is 0.750. The van der Waals surface area contributed by atoms with Crippen LogP contribution in [0.5, 0.6) is 5.75 Å². The van der Waals surface area contributed by atoms with Gasteiger partial charge in [-0.2, -0.15) is 0 Å². The van der Waals surface area contributed by atoms with Gasteiger partial charge in [-0.3, -0.25) is 4.79 Å². The Labute approximate surface area is 126 Å². The van der Waals surface area contributed by atoms with E-state index in [2.05, 4.69) is 4.74 Å². The van der Waals surface area contributed by atoms with Crippen LogP contribution >= 0.6 is 0 Å². The van der Waals surface area contributed by atoms with Crippen molar-refractivity contribution in [2.75, 3.05) is 14.2 Å². The van der Waals surface area contributed by atoms with Gasteiger partial charge in [0.05, 0.1) is 26.2 Å². The highest BCUT2D eigenvalue weighted by atomic mass is 16.5. The number of methoxy groups -OCH3 is 2. The van der Waals surface area contributed by atoms with Gasteiger partial charge in [0.2, 0.25) is 0 Å². The smallest absolute Gasteiger partial charge is 0.307 e. The van der Waals surface area contributed by atoms with Gasteiger partial charge in [0, 0.05) is 12.0 Å². The molecular weight excluding hydrogens is 270 g/mol. The van der Waals surface area contributed by atoms with Gasteiger partial charge >= 0.3 is 5.97 Å². The number of aliphatic hydroxyl groups is 1. The zero-order valence-corrected chi connectivity index (χ0v) is 13.1. The minimum Gasteiger partial charge on any atom is -0.497 e. The van der Waals surface area contributed by atoms with Gasteiger partial charge in [0.15, 0.2) is 0 Å². The maximum absolute atomic E-state index is 11.4. The Balaban J connectivity index is 2.97.